The van der Waals surface area contributed by atoms with Gasteiger partial charge in [-0.15, -0.1) is 0 Å². The highest BCUT2D eigenvalue weighted by atomic mass is 35.5. The number of likely N-dealkylation sites (tertiary alicyclic amines) is 1. The van der Waals surface area contributed by atoms with Crippen molar-refractivity contribution in [1.82, 2.24) is 10.3 Å². The molecule has 1 N–H and O–H groups in total. The second-order valence-corrected chi connectivity index (χ2v) is 7.81. The van der Waals surface area contributed by atoms with Gasteiger partial charge in [0.15, 0.2) is 11.5 Å². The van der Waals surface area contributed by atoms with Crippen LogP contribution in [0, 0.1) is 5.82 Å². The first-order chi connectivity index (χ1) is 15.0. The molecule has 7 nitrogen and oxygen atoms in total. The Morgan fingerprint density at radius 2 is 1.87 bits per heavy atom. The molecule has 0 radical (unpaired) electrons. The van der Waals surface area contributed by atoms with Crippen LogP contribution in [0.3, 0.4) is 0 Å². The first-order valence-electron chi connectivity index (χ1n) is 10.1. The van der Waals surface area contributed by atoms with Crippen molar-refractivity contribution in [2.45, 2.75) is 25.8 Å². The van der Waals surface area contributed by atoms with Crippen molar-refractivity contribution in [2.75, 3.05) is 31.8 Å². The number of ether oxygens (including phenoxy) is 2. The number of nitrogens with one attached hydrogen (secondary N) is 1. The normalized spacial score (nSPS) is 15.6. The van der Waals surface area contributed by atoms with Gasteiger partial charge in [-0.2, -0.15) is 0 Å². The molecule has 0 spiro atoms. The van der Waals surface area contributed by atoms with E-state index >= 15 is 0 Å². The molecule has 9 heteroatoms. The average Bonchev–Trinajstić information content (AvgIpc) is 3.30. The topological polar surface area (TPSA) is 71.1 Å². The molecule has 1 saturated heterocycles. The number of nitrogens with zero attached hydrogens (tertiary/aromatic N) is 2. The van der Waals surface area contributed by atoms with E-state index in [2.05, 4.69) is 5.43 Å². The second-order valence-electron chi connectivity index (χ2n) is 7.40. The highest BCUT2D eigenvalue weighted by molar-refractivity contribution is 6.31. The van der Waals surface area contributed by atoms with E-state index in [9.17, 15) is 14.0 Å². The summed E-state index contributed by atoms with van der Waals surface area (Å²) in [4.78, 5) is 24.6. The first kappa shape index (κ1) is 21.4. The van der Waals surface area contributed by atoms with Crippen LogP contribution in [0.25, 0.3) is 0 Å². The Hall–Kier alpha value is -2.84. The number of fused-ring (bicyclic) bond motifs is 1. The van der Waals surface area contributed by atoms with E-state index in [4.69, 9.17) is 21.1 Å². The van der Waals surface area contributed by atoms with Crippen molar-refractivity contribution in [1.29, 1.82) is 0 Å². The summed E-state index contributed by atoms with van der Waals surface area (Å²) in [5.41, 5.74) is 6.10. The summed E-state index contributed by atoms with van der Waals surface area (Å²) in [5, 5.41) is 2.06. The summed E-state index contributed by atoms with van der Waals surface area (Å²) in [5.74, 6) is 0.384. The van der Waals surface area contributed by atoms with Crippen molar-refractivity contribution < 1.29 is 23.5 Å². The minimum atomic E-state index is -0.402. The molecule has 0 aromatic heterocycles. The number of hydrazine groups is 1. The molecule has 1 fully saturated rings. The van der Waals surface area contributed by atoms with Gasteiger partial charge in [-0.25, -0.2) is 9.82 Å². The van der Waals surface area contributed by atoms with Gasteiger partial charge in [0.05, 0.1) is 24.4 Å². The van der Waals surface area contributed by atoms with Crippen LogP contribution >= 0.6 is 11.6 Å². The van der Waals surface area contributed by atoms with E-state index in [1.807, 2.05) is 17.1 Å². The predicted molar refractivity (Wildman–Crippen MR) is 114 cm³/mol. The molecule has 2 aromatic carbocycles. The first-order valence-corrected chi connectivity index (χ1v) is 10.5. The predicted octanol–water partition coefficient (Wildman–Crippen LogP) is 3.08. The molecular formula is C22H23ClFN3O4. The number of imide groups is 1. The van der Waals surface area contributed by atoms with Gasteiger partial charge in [0.2, 0.25) is 11.8 Å². The van der Waals surface area contributed by atoms with Crippen LogP contribution in [-0.2, 0) is 22.6 Å². The highest BCUT2D eigenvalue weighted by Gasteiger charge is 2.28. The van der Waals surface area contributed by atoms with Crippen molar-refractivity contribution in [3.63, 3.8) is 0 Å². The lowest BCUT2D eigenvalue weighted by Gasteiger charge is -2.21. The fourth-order valence-electron chi connectivity index (χ4n) is 3.79. The molecule has 31 heavy (non-hydrogen) atoms. The van der Waals surface area contributed by atoms with Crippen molar-refractivity contribution in [3.8, 4) is 11.5 Å². The third kappa shape index (κ3) is 4.60. The smallest absolute Gasteiger partial charge is 0.229 e. The zero-order valence-corrected chi connectivity index (χ0v) is 17.9. The summed E-state index contributed by atoms with van der Waals surface area (Å²) >= 11 is 5.93. The van der Waals surface area contributed by atoms with Crippen LogP contribution in [-0.4, -0.2) is 43.5 Å². The Labute approximate surface area is 184 Å². The largest absolute Gasteiger partial charge is 0.493 e. The molecule has 164 valence electrons. The fourth-order valence-corrected chi connectivity index (χ4v) is 3.95. The van der Waals surface area contributed by atoms with Crippen molar-refractivity contribution in [3.05, 3.63) is 52.3 Å². The highest BCUT2D eigenvalue weighted by Crippen LogP contribution is 2.32. The summed E-state index contributed by atoms with van der Waals surface area (Å²) in [6.45, 7) is 1.68. The second kappa shape index (κ2) is 9.11. The number of halogens is 2. The molecule has 2 heterocycles. The number of anilines is 1. The lowest BCUT2D eigenvalue weighted by atomic mass is 10.1. The van der Waals surface area contributed by atoms with Gasteiger partial charge in [0.25, 0.3) is 0 Å². The molecule has 0 unspecified atom stereocenters. The van der Waals surface area contributed by atoms with Gasteiger partial charge >= 0.3 is 0 Å². The summed E-state index contributed by atoms with van der Waals surface area (Å²) in [6.07, 6.45) is 1.29. The van der Waals surface area contributed by atoms with E-state index in [0.29, 0.717) is 18.0 Å². The Balaban J connectivity index is 1.35. The third-order valence-corrected chi connectivity index (χ3v) is 5.74. The van der Waals surface area contributed by atoms with Crippen LogP contribution in [0.2, 0.25) is 5.02 Å². The Bertz CT molecular complexity index is 1000. The number of rotatable bonds is 8. The maximum absolute atomic E-state index is 13.7. The van der Waals surface area contributed by atoms with E-state index < -0.39 is 5.82 Å². The molecule has 0 saturated carbocycles. The lowest BCUT2D eigenvalue weighted by Crippen LogP contribution is -2.36. The van der Waals surface area contributed by atoms with E-state index in [1.54, 1.807) is 19.2 Å². The number of hydrogen-bond acceptors (Lipinski definition) is 6. The van der Waals surface area contributed by atoms with Crippen LogP contribution in [0.1, 0.15) is 24.0 Å². The zero-order valence-electron chi connectivity index (χ0n) is 17.1. The molecule has 2 aliphatic rings. The summed E-state index contributed by atoms with van der Waals surface area (Å²) in [6, 6.07) is 8.69. The SMILES string of the molecule is COc1cc(CNN2CCc3cc(F)c(Cl)cc32)ccc1OCCN1C(=O)CCC1=O. The fraction of sp³-hybridized carbons (Fsp3) is 0.364. The quantitative estimate of drug-likeness (QED) is 0.627. The minimum Gasteiger partial charge on any atom is -0.493 e. The monoisotopic (exact) mass is 447 g/mol. The molecule has 4 rings (SSSR count). The number of benzene rings is 2. The lowest BCUT2D eigenvalue weighted by molar-refractivity contribution is -0.138. The number of carbonyl (C=O) groups is 2. The van der Waals surface area contributed by atoms with E-state index in [1.165, 1.54) is 11.0 Å². The maximum Gasteiger partial charge on any atom is 0.229 e. The summed E-state index contributed by atoms with van der Waals surface area (Å²) < 4.78 is 24.8. The molecule has 0 bridgehead atoms. The Morgan fingerprint density at radius 3 is 2.61 bits per heavy atom. The van der Waals surface area contributed by atoms with Gasteiger partial charge in [0, 0.05) is 25.9 Å². The molecular weight excluding hydrogens is 425 g/mol. The molecule has 2 aromatic rings. The van der Waals surface area contributed by atoms with Gasteiger partial charge in [-0.05, 0) is 41.8 Å². The number of amides is 2. The third-order valence-electron chi connectivity index (χ3n) is 5.45. The van der Waals surface area contributed by atoms with E-state index in [0.717, 1.165) is 29.8 Å². The molecule has 2 aliphatic heterocycles. The van der Waals surface area contributed by atoms with E-state index in [-0.39, 0.29) is 42.8 Å². The van der Waals surface area contributed by atoms with Crippen molar-refractivity contribution in [2.24, 2.45) is 0 Å². The van der Waals surface area contributed by atoms with Gasteiger partial charge < -0.3 is 14.5 Å². The van der Waals surface area contributed by atoms with Crippen LogP contribution in [0.5, 0.6) is 11.5 Å². The van der Waals surface area contributed by atoms with Crippen LogP contribution in [0.4, 0.5) is 10.1 Å². The number of methoxy groups -OCH3 is 1. The number of hydrogen-bond donors (Lipinski definition) is 1. The summed E-state index contributed by atoms with van der Waals surface area (Å²) in [7, 11) is 1.56. The average molecular weight is 448 g/mol. The molecule has 0 aliphatic carbocycles. The van der Waals surface area contributed by atoms with Crippen LogP contribution in [0.15, 0.2) is 30.3 Å². The van der Waals surface area contributed by atoms with Gasteiger partial charge in [-0.1, -0.05) is 17.7 Å². The number of carbonyl (C=O) groups excluding carboxylic acids is 2. The molecule has 2 amide bonds. The zero-order chi connectivity index (χ0) is 22.0. The molecule has 0 atom stereocenters. The Morgan fingerprint density at radius 1 is 1.10 bits per heavy atom. The Kier molecular flexibility index (Phi) is 6.29. The van der Waals surface area contributed by atoms with Gasteiger partial charge in [0.1, 0.15) is 12.4 Å². The van der Waals surface area contributed by atoms with Crippen LogP contribution < -0.4 is 19.9 Å². The van der Waals surface area contributed by atoms with Gasteiger partial charge in [-0.3, -0.25) is 14.5 Å². The van der Waals surface area contributed by atoms with Crippen molar-refractivity contribution >= 4 is 29.1 Å². The minimum absolute atomic E-state index is 0.105. The standard InChI is InChI=1S/C22H23ClFN3O4/c1-30-20-10-14(2-3-19(20)31-9-8-26-21(28)4-5-22(26)29)13-25-27-7-6-15-11-17(24)16(23)12-18(15)27/h2-3,10-12,25H,4-9,13H2,1H3. The maximum atomic E-state index is 13.7.